The van der Waals surface area contributed by atoms with E-state index in [-0.39, 0.29) is 5.82 Å². The van der Waals surface area contributed by atoms with Crippen LogP contribution >= 0.6 is 23.4 Å². The summed E-state index contributed by atoms with van der Waals surface area (Å²) < 4.78 is 12.7. The summed E-state index contributed by atoms with van der Waals surface area (Å²) in [5, 5.41) is 10.6. The summed E-state index contributed by atoms with van der Waals surface area (Å²) in [4.78, 5) is 0.935. The Morgan fingerprint density at radius 2 is 1.67 bits per heavy atom. The van der Waals surface area contributed by atoms with Crippen molar-refractivity contribution in [1.82, 2.24) is 0 Å². The smallest absolute Gasteiger partial charge is 0.123 e. The number of benzene rings is 2. The molecule has 0 aromatic heterocycles. The number of aliphatic hydroxyl groups excluding tert-OH is 1. The van der Waals surface area contributed by atoms with Crippen LogP contribution in [-0.4, -0.2) is 10.9 Å². The summed E-state index contributed by atoms with van der Waals surface area (Å²) >= 11 is 7.27. The fraction of sp³-hybridized carbons (Fsp3) is 0.143. The second-order valence-electron chi connectivity index (χ2n) is 3.83. The molecule has 0 fully saturated rings. The molecule has 2 aromatic carbocycles. The van der Waals surface area contributed by atoms with Gasteiger partial charge < -0.3 is 5.11 Å². The van der Waals surface area contributed by atoms with E-state index < -0.39 is 6.10 Å². The first kappa shape index (κ1) is 13.4. The van der Waals surface area contributed by atoms with Crippen molar-refractivity contribution >= 4 is 23.4 Å². The number of aliphatic hydroxyl groups is 1. The van der Waals surface area contributed by atoms with Gasteiger partial charge in [0.15, 0.2) is 0 Å². The van der Waals surface area contributed by atoms with Gasteiger partial charge >= 0.3 is 0 Å². The minimum atomic E-state index is -0.558. The Morgan fingerprint density at radius 3 is 2.28 bits per heavy atom. The normalized spacial score (nSPS) is 12.4. The van der Waals surface area contributed by atoms with Crippen LogP contribution in [0.1, 0.15) is 11.7 Å². The van der Waals surface area contributed by atoms with E-state index in [4.69, 9.17) is 11.6 Å². The van der Waals surface area contributed by atoms with Gasteiger partial charge in [0.05, 0.1) is 6.10 Å². The Morgan fingerprint density at radius 1 is 1.06 bits per heavy atom. The molecule has 0 aliphatic heterocycles. The first-order valence-corrected chi connectivity index (χ1v) is 6.83. The van der Waals surface area contributed by atoms with Gasteiger partial charge in [0.2, 0.25) is 0 Å². The molecule has 2 rings (SSSR count). The third-order valence-corrected chi connectivity index (χ3v) is 3.82. The van der Waals surface area contributed by atoms with Gasteiger partial charge in [0, 0.05) is 15.7 Å². The highest BCUT2D eigenvalue weighted by molar-refractivity contribution is 7.99. The van der Waals surface area contributed by atoms with Crippen molar-refractivity contribution in [3.63, 3.8) is 0 Å². The van der Waals surface area contributed by atoms with Crippen molar-refractivity contribution in [3.8, 4) is 0 Å². The summed E-state index contributed by atoms with van der Waals surface area (Å²) in [6.07, 6.45) is -0.558. The number of thioether (sulfide) groups is 1. The predicted molar refractivity (Wildman–Crippen MR) is 73.5 cm³/mol. The SMILES string of the molecule is OC(CSc1ccc(F)cc1)c1ccc(Cl)cc1. The molecule has 0 heterocycles. The molecule has 0 aliphatic rings. The lowest BCUT2D eigenvalue weighted by Gasteiger charge is -2.10. The molecule has 1 unspecified atom stereocenters. The van der Waals surface area contributed by atoms with Gasteiger partial charge in [-0.25, -0.2) is 4.39 Å². The third kappa shape index (κ3) is 3.73. The van der Waals surface area contributed by atoms with E-state index in [9.17, 15) is 9.50 Å². The van der Waals surface area contributed by atoms with E-state index in [2.05, 4.69) is 0 Å². The monoisotopic (exact) mass is 282 g/mol. The van der Waals surface area contributed by atoms with Gasteiger partial charge in [-0.3, -0.25) is 0 Å². The molecule has 0 aliphatic carbocycles. The van der Waals surface area contributed by atoms with Crippen molar-refractivity contribution in [2.24, 2.45) is 0 Å². The van der Waals surface area contributed by atoms with Crippen LogP contribution in [0.3, 0.4) is 0 Å². The van der Waals surface area contributed by atoms with Crippen molar-refractivity contribution in [1.29, 1.82) is 0 Å². The Balaban J connectivity index is 1.93. The van der Waals surface area contributed by atoms with Crippen LogP contribution in [0.25, 0.3) is 0 Å². The van der Waals surface area contributed by atoms with Crippen LogP contribution in [-0.2, 0) is 0 Å². The molecular formula is C14H12ClFOS. The Bertz CT molecular complexity index is 498. The zero-order valence-electron chi connectivity index (χ0n) is 9.51. The average molecular weight is 283 g/mol. The molecule has 0 radical (unpaired) electrons. The highest BCUT2D eigenvalue weighted by Crippen LogP contribution is 2.25. The second kappa shape index (κ2) is 6.23. The summed E-state index contributed by atoms with van der Waals surface area (Å²) in [5.41, 5.74) is 0.828. The van der Waals surface area contributed by atoms with Gasteiger partial charge in [-0.1, -0.05) is 23.7 Å². The zero-order chi connectivity index (χ0) is 13.0. The molecule has 0 bridgehead atoms. The topological polar surface area (TPSA) is 20.2 Å². The fourth-order valence-corrected chi connectivity index (χ4v) is 2.48. The first-order valence-electron chi connectivity index (χ1n) is 5.47. The molecule has 1 atom stereocenters. The molecule has 1 N–H and O–H groups in total. The average Bonchev–Trinajstić information content (AvgIpc) is 2.38. The Labute approximate surface area is 115 Å². The Hall–Kier alpha value is -1.03. The maximum atomic E-state index is 12.7. The number of rotatable bonds is 4. The van der Waals surface area contributed by atoms with E-state index in [1.54, 1.807) is 36.4 Å². The minimum absolute atomic E-state index is 0.252. The highest BCUT2D eigenvalue weighted by atomic mass is 35.5. The van der Waals surface area contributed by atoms with Crippen LogP contribution in [0, 0.1) is 5.82 Å². The van der Waals surface area contributed by atoms with Crippen molar-refractivity contribution in [2.45, 2.75) is 11.0 Å². The lowest BCUT2D eigenvalue weighted by Crippen LogP contribution is -2.00. The molecule has 2 aromatic rings. The fourth-order valence-electron chi connectivity index (χ4n) is 1.49. The largest absolute Gasteiger partial charge is 0.388 e. The molecular weight excluding hydrogens is 271 g/mol. The predicted octanol–water partition coefficient (Wildman–Crippen LogP) is 4.30. The van der Waals surface area contributed by atoms with Crippen LogP contribution in [0.15, 0.2) is 53.4 Å². The van der Waals surface area contributed by atoms with Gasteiger partial charge in [-0.15, -0.1) is 11.8 Å². The Kier molecular flexibility index (Phi) is 4.64. The van der Waals surface area contributed by atoms with E-state index in [1.807, 2.05) is 0 Å². The summed E-state index contributed by atoms with van der Waals surface area (Å²) in [6, 6.07) is 13.3. The molecule has 0 amide bonds. The van der Waals surface area contributed by atoms with Gasteiger partial charge in [-0.2, -0.15) is 0 Å². The van der Waals surface area contributed by atoms with Crippen LogP contribution in [0.5, 0.6) is 0 Å². The van der Waals surface area contributed by atoms with E-state index in [0.717, 1.165) is 10.5 Å². The maximum Gasteiger partial charge on any atom is 0.123 e. The summed E-state index contributed by atoms with van der Waals surface area (Å²) in [7, 11) is 0. The van der Waals surface area contributed by atoms with Crippen LogP contribution < -0.4 is 0 Å². The molecule has 0 saturated carbocycles. The van der Waals surface area contributed by atoms with Crippen LogP contribution in [0.2, 0.25) is 5.02 Å². The number of halogens is 2. The van der Waals surface area contributed by atoms with Crippen molar-refractivity contribution < 1.29 is 9.50 Å². The van der Waals surface area contributed by atoms with Crippen LogP contribution in [0.4, 0.5) is 4.39 Å². The second-order valence-corrected chi connectivity index (χ2v) is 5.36. The number of hydrogen-bond donors (Lipinski definition) is 1. The molecule has 1 nitrogen and oxygen atoms in total. The molecule has 4 heteroatoms. The first-order chi connectivity index (χ1) is 8.65. The molecule has 0 saturated heterocycles. The molecule has 18 heavy (non-hydrogen) atoms. The third-order valence-electron chi connectivity index (χ3n) is 2.48. The van der Waals surface area contributed by atoms with Gasteiger partial charge in [0.1, 0.15) is 5.82 Å². The van der Waals surface area contributed by atoms with Crippen molar-refractivity contribution in [2.75, 3.05) is 5.75 Å². The summed E-state index contributed by atoms with van der Waals surface area (Å²) in [5.74, 6) is 0.269. The number of hydrogen-bond acceptors (Lipinski definition) is 2. The zero-order valence-corrected chi connectivity index (χ0v) is 11.1. The van der Waals surface area contributed by atoms with E-state index in [0.29, 0.717) is 10.8 Å². The molecule has 0 spiro atoms. The standard InChI is InChI=1S/C14H12ClFOS/c15-11-3-1-10(2-4-11)14(17)9-18-13-7-5-12(16)6-8-13/h1-8,14,17H,9H2. The lowest BCUT2D eigenvalue weighted by molar-refractivity contribution is 0.204. The van der Waals surface area contributed by atoms with E-state index in [1.165, 1.54) is 23.9 Å². The van der Waals surface area contributed by atoms with Gasteiger partial charge in [0.25, 0.3) is 0 Å². The molecule has 94 valence electrons. The quantitative estimate of drug-likeness (QED) is 0.844. The lowest BCUT2D eigenvalue weighted by atomic mass is 10.1. The highest BCUT2D eigenvalue weighted by Gasteiger charge is 2.08. The van der Waals surface area contributed by atoms with Crippen molar-refractivity contribution in [3.05, 3.63) is 64.9 Å². The minimum Gasteiger partial charge on any atom is -0.388 e. The maximum absolute atomic E-state index is 12.7. The van der Waals surface area contributed by atoms with E-state index >= 15 is 0 Å². The summed E-state index contributed by atoms with van der Waals surface area (Å²) in [6.45, 7) is 0. The van der Waals surface area contributed by atoms with Gasteiger partial charge in [-0.05, 0) is 42.0 Å².